The first-order valence-electron chi connectivity index (χ1n) is 6.75. The molecule has 1 aromatic carbocycles. The SMILES string of the molecule is CCn1cc(C(=O)/C=C/c2cc(OC)c(OC)cc2Br)cn1. The first-order chi connectivity index (χ1) is 10.6. The summed E-state index contributed by atoms with van der Waals surface area (Å²) in [4.78, 5) is 12.1. The van der Waals surface area contributed by atoms with E-state index in [2.05, 4.69) is 21.0 Å². The smallest absolute Gasteiger partial charge is 0.189 e. The summed E-state index contributed by atoms with van der Waals surface area (Å²) < 4.78 is 13.0. The summed E-state index contributed by atoms with van der Waals surface area (Å²) in [5.74, 6) is 1.14. The van der Waals surface area contributed by atoms with Gasteiger partial charge in [-0.1, -0.05) is 15.9 Å². The molecule has 22 heavy (non-hydrogen) atoms. The summed E-state index contributed by atoms with van der Waals surface area (Å²) >= 11 is 3.46. The maximum atomic E-state index is 12.1. The molecule has 116 valence electrons. The van der Waals surface area contributed by atoms with Crippen LogP contribution in [0.5, 0.6) is 11.5 Å². The third-order valence-corrected chi connectivity index (χ3v) is 3.85. The van der Waals surface area contributed by atoms with E-state index in [-0.39, 0.29) is 5.78 Å². The van der Waals surface area contributed by atoms with Gasteiger partial charge < -0.3 is 9.47 Å². The van der Waals surface area contributed by atoms with Crippen LogP contribution in [0, 0.1) is 0 Å². The van der Waals surface area contributed by atoms with Crippen LogP contribution in [0.25, 0.3) is 6.08 Å². The van der Waals surface area contributed by atoms with E-state index in [1.807, 2.05) is 13.0 Å². The van der Waals surface area contributed by atoms with Gasteiger partial charge in [0.2, 0.25) is 0 Å². The first-order valence-corrected chi connectivity index (χ1v) is 7.54. The van der Waals surface area contributed by atoms with Gasteiger partial charge in [-0.05, 0) is 36.8 Å². The van der Waals surface area contributed by atoms with Crippen molar-refractivity contribution in [1.29, 1.82) is 0 Å². The number of ketones is 1. The minimum Gasteiger partial charge on any atom is -0.493 e. The Hall–Kier alpha value is -2.08. The summed E-state index contributed by atoms with van der Waals surface area (Å²) in [6.07, 6.45) is 6.55. The molecule has 2 aromatic rings. The largest absolute Gasteiger partial charge is 0.493 e. The van der Waals surface area contributed by atoms with Crippen LogP contribution in [-0.4, -0.2) is 29.8 Å². The number of halogens is 1. The zero-order chi connectivity index (χ0) is 16.1. The van der Waals surface area contributed by atoms with Gasteiger partial charge in [-0.15, -0.1) is 0 Å². The quantitative estimate of drug-likeness (QED) is 0.580. The van der Waals surface area contributed by atoms with E-state index in [1.54, 1.807) is 43.4 Å². The number of hydrogen-bond acceptors (Lipinski definition) is 4. The first kappa shape index (κ1) is 16.3. The molecule has 0 bridgehead atoms. The van der Waals surface area contributed by atoms with Crippen molar-refractivity contribution in [3.8, 4) is 11.5 Å². The van der Waals surface area contributed by atoms with Crippen molar-refractivity contribution in [3.05, 3.63) is 46.2 Å². The second-order valence-electron chi connectivity index (χ2n) is 4.51. The van der Waals surface area contributed by atoms with Gasteiger partial charge in [0.05, 0.1) is 26.0 Å². The second-order valence-corrected chi connectivity index (χ2v) is 5.37. The molecule has 0 atom stereocenters. The normalized spacial score (nSPS) is 10.9. The van der Waals surface area contributed by atoms with Gasteiger partial charge in [-0.2, -0.15) is 5.10 Å². The van der Waals surface area contributed by atoms with Gasteiger partial charge in [0.15, 0.2) is 17.3 Å². The van der Waals surface area contributed by atoms with Crippen molar-refractivity contribution in [2.45, 2.75) is 13.5 Å². The highest BCUT2D eigenvalue weighted by atomic mass is 79.9. The van der Waals surface area contributed by atoms with Crippen molar-refractivity contribution < 1.29 is 14.3 Å². The third kappa shape index (κ3) is 3.57. The van der Waals surface area contributed by atoms with Crippen molar-refractivity contribution in [2.75, 3.05) is 14.2 Å². The molecule has 5 nitrogen and oxygen atoms in total. The molecule has 6 heteroatoms. The Labute approximate surface area is 137 Å². The average molecular weight is 365 g/mol. The average Bonchev–Trinajstić information content (AvgIpc) is 3.02. The van der Waals surface area contributed by atoms with E-state index in [0.29, 0.717) is 17.1 Å². The van der Waals surface area contributed by atoms with Gasteiger partial charge in [-0.25, -0.2) is 0 Å². The van der Waals surface area contributed by atoms with E-state index in [0.717, 1.165) is 16.6 Å². The Balaban J connectivity index is 2.24. The Kier molecular flexibility index (Phi) is 5.38. The van der Waals surface area contributed by atoms with Crippen LogP contribution in [0.1, 0.15) is 22.8 Å². The van der Waals surface area contributed by atoms with Crippen molar-refractivity contribution in [2.24, 2.45) is 0 Å². The molecule has 0 radical (unpaired) electrons. The summed E-state index contributed by atoms with van der Waals surface area (Å²) in [6.45, 7) is 2.70. The lowest BCUT2D eigenvalue weighted by Gasteiger charge is -2.09. The van der Waals surface area contributed by atoms with E-state index in [4.69, 9.17) is 9.47 Å². The van der Waals surface area contributed by atoms with Crippen LogP contribution in [0.15, 0.2) is 35.1 Å². The number of hydrogen-bond donors (Lipinski definition) is 0. The zero-order valence-electron chi connectivity index (χ0n) is 12.7. The Bertz CT molecular complexity index is 707. The van der Waals surface area contributed by atoms with Crippen LogP contribution in [-0.2, 0) is 6.54 Å². The van der Waals surface area contributed by atoms with E-state index < -0.39 is 0 Å². The van der Waals surface area contributed by atoms with Gasteiger partial charge in [0.1, 0.15) is 0 Å². The summed E-state index contributed by atoms with van der Waals surface area (Å²) in [5.41, 5.74) is 1.39. The highest BCUT2D eigenvalue weighted by molar-refractivity contribution is 9.10. The monoisotopic (exact) mass is 364 g/mol. The minimum atomic E-state index is -0.0959. The predicted octanol–water partition coefficient (Wildman–Crippen LogP) is 3.58. The summed E-state index contributed by atoms with van der Waals surface area (Å²) in [5, 5.41) is 4.09. The number of aryl methyl sites for hydroxylation is 1. The topological polar surface area (TPSA) is 53.4 Å². The van der Waals surface area contributed by atoms with Crippen LogP contribution < -0.4 is 9.47 Å². The fourth-order valence-corrected chi connectivity index (χ4v) is 2.38. The second kappa shape index (κ2) is 7.26. The molecule has 1 heterocycles. The van der Waals surface area contributed by atoms with Gasteiger partial charge in [0.25, 0.3) is 0 Å². The third-order valence-electron chi connectivity index (χ3n) is 3.16. The van der Waals surface area contributed by atoms with E-state index >= 15 is 0 Å². The molecule has 0 spiro atoms. The van der Waals surface area contributed by atoms with E-state index in [1.165, 1.54) is 6.08 Å². The number of nitrogens with zero attached hydrogens (tertiary/aromatic N) is 2. The van der Waals surface area contributed by atoms with Gasteiger partial charge in [0, 0.05) is 17.2 Å². The Morgan fingerprint density at radius 3 is 2.59 bits per heavy atom. The lowest BCUT2D eigenvalue weighted by atomic mass is 10.1. The van der Waals surface area contributed by atoms with Crippen molar-refractivity contribution in [3.63, 3.8) is 0 Å². The molecule has 0 saturated heterocycles. The predicted molar refractivity (Wildman–Crippen MR) is 88.5 cm³/mol. The molecule has 0 aliphatic rings. The summed E-state index contributed by atoms with van der Waals surface area (Å²) in [6, 6.07) is 3.61. The van der Waals surface area contributed by atoms with Crippen molar-refractivity contribution >= 4 is 27.8 Å². The zero-order valence-corrected chi connectivity index (χ0v) is 14.3. The van der Waals surface area contributed by atoms with E-state index in [9.17, 15) is 4.79 Å². The van der Waals surface area contributed by atoms with Gasteiger partial charge in [-0.3, -0.25) is 9.48 Å². The number of allylic oxidation sites excluding steroid dienone is 1. The molecule has 0 amide bonds. The molecule has 0 N–H and O–H groups in total. The maximum absolute atomic E-state index is 12.1. The number of carbonyl (C=O) groups is 1. The fraction of sp³-hybridized carbons (Fsp3) is 0.250. The number of benzene rings is 1. The van der Waals surface area contributed by atoms with Crippen LogP contribution in [0.3, 0.4) is 0 Å². The highest BCUT2D eigenvalue weighted by Gasteiger charge is 2.09. The molecule has 0 unspecified atom stereocenters. The van der Waals surface area contributed by atoms with Crippen molar-refractivity contribution in [1.82, 2.24) is 9.78 Å². The number of carbonyl (C=O) groups excluding carboxylic acids is 1. The number of methoxy groups -OCH3 is 2. The molecule has 0 saturated carbocycles. The lowest BCUT2D eigenvalue weighted by Crippen LogP contribution is -1.95. The van der Waals surface area contributed by atoms with Crippen LogP contribution in [0.2, 0.25) is 0 Å². The lowest BCUT2D eigenvalue weighted by molar-refractivity contribution is 0.104. The standard InChI is InChI=1S/C16H17BrN2O3/c1-4-19-10-12(9-18-19)14(20)6-5-11-7-15(21-2)16(22-3)8-13(11)17/h5-10H,4H2,1-3H3/b6-5+. The minimum absolute atomic E-state index is 0.0959. The molecule has 1 aromatic heterocycles. The number of aromatic nitrogens is 2. The molecule has 0 fully saturated rings. The number of ether oxygens (including phenoxy) is 2. The number of rotatable bonds is 6. The molecule has 0 aliphatic heterocycles. The highest BCUT2D eigenvalue weighted by Crippen LogP contribution is 2.33. The van der Waals surface area contributed by atoms with Gasteiger partial charge >= 0.3 is 0 Å². The maximum Gasteiger partial charge on any atom is 0.189 e. The van der Waals surface area contributed by atoms with Crippen LogP contribution >= 0.6 is 15.9 Å². The van der Waals surface area contributed by atoms with Crippen LogP contribution in [0.4, 0.5) is 0 Å². The Morgan fingerprint density at radius 1 is 1.32 bits per heavy atom. The molecule has 0 aliphatic carbocycles. The Morgan fingerprint density at radius 2 is 2.00 bits per heavy atom. The summed E-state index contributed by atoms with van der Waals surface area (Å²) in [7, 11) is 3.15. The molecular formula is C16H17BrN2O3. The molecular weight excluding hydrogens is 348 g/mol. The fourth-order valence-electron chi connectivity index (χ4n) is 1.92. The molecule has 2 rings (SSSR count).